The van der Waals surface area contributed by atoms with Crippen LogP contribution in [0.1, 0.15) is 16.8 Å². The van der Waals surface area contributed by atoms with Crippen molar-refractivity contribution in [3.63, 3.8) is 0 Å². The Morgan fingerprint density at radius 2 is 1.88 bits per heavy atom. The zero-order chi connectivity index (χ0) is 23.4. The lowest BCUT2D eigenvalue weighted by Crippen LogP contribution is -2.24. The van der Waals surface area contributed by atoms with Crippen LogP contribution in [0.5, 0.6) is 11.5 Å². The molecule has 0 aliphatic rings. The number of hydrogen-bond donors (Lipinski definition) is 0. The van der Waals surface area contributed by atoms with Crippen LogP contribution in [0.2, 0.25) is 0 Å². The first-order chi connectivity index (χ1) is 16.1. The van der Waals surface area contributed by atoms with Crippen molar-refractivity contribution >= 4 is 34.2 Å². The van der Waals surface area contributed by atoms with Crippen LogP contribution in [-0.2, 0) is 11.3 Å². The highest BCUT2D eigenvalue weighted by molar-refractivity contribution is 7.99. The minimum atomic E-state index is -0.128. The summed E-state index contributed by atoms with van der Waals surface area (Å²) < 4.78 is 19.1. The maximum atomic E-state index is 13.1. The van der Waals surface area contributed by atoms with Crippen molar-refractivity contribution in [2.75, 3.05) is 33.7 Å². The van der Waals surface area contributed by atoms with Gasteiger partial charge in [0.05, 0.1) is 36.4 Å². The minimum absolute atomic E-state index is 0.117. The first-order valence-corrected chi connectivity index (χ1v) is 11.3. The molecule has 0 aliphatic heterocycles. The molecule has 0 amide bonds. The van der Waals surface area contributed by atoms with Crippen molar-refractivity contribution in [1.29, 1.82) is 0 Å². The number of aromatic nitrogens is 4. The summed E-state index contributed by atoms with van der Waals surface area (Å²) in [7, 11) is 4.70. The average molecular weight is 469 g/mol. The molecule has 2 aromatic heterocycles. The molecule has 0 atom stereocenters. The zero-order valence-corrected chi connectivity index (χ0v) is 19.4. The van der Waals surface area contributed by atoms with Crippen molar-refractivity contribution in [3.05, 3.63) is 58.4 Å². The molecule has 2 aromatic carbocycles. The highest BCUT2D eigenvalue weighted by Crippen LogP contribution is 2.28. The van der Waals surface area contributed by atoms with Gasteiger partial charge in [-0.25, -0.2) is 0 Å². The van der Waals surface area contributed by atoms with E-state index in [1.807, 2.05) is 22.6 Å². The van der Waals surface area contributed by atoms with Crippen LogP contribution in [0, 0.1) is 0 Å². The van der Waals surface area contributed by atoms with E-state index >= 15 is 0 Å². The Hall–Kier alpha value is -3.37. The first-order valence-electron chi connectivity index (χ1n) is 10.3. The quantitative estimate of drug-likeness (QED) is 0.199. The lowest BCUT2D eigenvalue weighted by molar-refractivity contribution is 0.101. The molecule has 2 heterocycles. The summed E-state index contributed by atoms with van der Waals surface area (Å²) in [4.78, 5) is 26.0. The summed E-state index contributed by atoms with van der Waals surface area (Å²) in [6.07, 6.45) is 0.662. The second-order valence-corrected chi connectivity index (χ2v) is 8.16. The van der Waals surface area contributed by atoms with Gasteiger partial charge in [0.2, 0.25) is 5.78 Å². The van der Waals surface area contributed by atoms with Crippen molar-refractivity contribution in [3.8, 4) is 11.5 Å². The van der Waals surface area contributed by atoms with Crippen molar-refractivity contribution < 1.29 is 19.0 Å². The van der Waals surface area contributed by atoms with E-state index < -0.39 is 0 Å². The molecule has 0 bridgehead atoms. The van der Waals surface area contributed by atoms with Gasteiger partial charge in [0, 0.05) is 26.3 Å². The van der Waals surface area contributed by atoms with Gasteiger partial charge in [-0.1, -0.05) is 23.9 Å². The van der Waals surface area contributed by atoms with Gasteiger partial charge in [0.15, 0.2) is 10.9 Å². The largest absolute Gasteiger partial charge is 0.497 e. The molecule has 0 radical (unpaired) electrons. The monoisotopic (exact) mass is 468 g/mol. The maximum absolute atomic E-state index is 13.1. The number of para-hydroxylation sites is 1. The Kier molecular flexibility index (Phi) is 6.95. The van der Waals surface area contributed by atoms with Crippen LogP contribution in [0.3, 0.4) is 0 Å². The number of carbonyl (C=O) groups is 1. The molecule has 0 saturated carbocycles. The second-order valence-electron chi connectivity index (χ2n) is 7.22. The number of rotatable bonds is 10. The molecule has 172 valence electrons. The van der Waals surface area contributed by atoms with E-state index in [0.717, 1.165) is 0 Å². The molecule has 0 aliphatic carbocycles. The summed E-state index contributed by atoms with van der Waals surface area (Å²) in [5.74, 6) is 1.50. The van der Waals surface area contributed by atoms with Crippen LogP contribution >= 0.6 is 11.8 Å². The third kappa shape index (κ3) is 4.44. The van der Waals surface area contributed by atoms with Gasteiger partial charge >= 0.3 is 0 Å². The van der Waals surface area contributed by atoms with Crippen LogP contribution in [-0.4, -0.2) is 58.6 Å². The summed E-state index contributed by atoms with van der Waals surface area (Å²) >= 11 is 1.26. The zero-order valence-electron chi connectivity index (χ0n) is 18.6. The highest BCUT2D eigenvalue weighted by atomic mass is 32.2. The SMILES string of the molecule is COCCCn1c(=O)c2ccccc2n2c(SCC(=O)c3ccc(OC)cc3OC)nnc12. The molecule has 0 fully saturated rings. The number of Topliss-reactive ketones (excluding diaryl/α,β-unsaturated/α-hetero) is 1. The Bertz CT molecular complexity index is 1360. The first kappa shape index (κ1) is 22.8. The van der Waals surface area contributed by atoms with Gasteiger partial charge in [-0.2, -0.15) is 0 Å². The van der Waals surface area contributed by atoms with E-state index in [-0.39, 0.29) is 17.1 Å². The van der Waals surface area contributed by atoms with Crippen LogP contribution in [0.25, 0.3) is 16.7 Å². The van der Waals surface area contributed by atoms with Crippen molar-refractivity contribution in [2.45, 2.75) is 18.1 Å². The number of carbonyl (C=O) groups excluding carboxylic acids is 1. The molecule has 10 heteroatoms. The lowest BCUT2D eigenvalue weighted by atomic mass is 10.1. The van der Waals surface area contributed by atoms with Gasteiger partial charge in [-0.3, -0.25) is 18.6 Å². The molecule has 4 aromatic rings. The Morgan fingerprint density at radius 1 is 1.06 bits per heavy atom. The van der Waals surface area contributed by atoms with E-state index in [1.54, 1.807) is 43.1 Å². The van der Waals surface area contributed by atoms with Gasteiger partial charge < -0.3 is 14.2 Å². The number of hydrogen-bond acceptors (Lipinski definition) is 8. The van der Waals surface area contributed by atoms with Crippen molar-refractivity contribution in [2.24, 2.45) is 0 Å². The van der Waals surface area contributed by atoms with E-state index in [9.17, 15) is 9.59 Å². The number of fused-ring (bicyclic) bond motifs is 3. The highest BCUT2D eigenvalue weighted by Gasteiger charge is 2.19. The van der Waals surface area contributed by atoms with E-state index in [4.69, 9.17) is 14.2 Å². The summed E-state index contributed by atoms with van der Waals surface area (Å²) in [6.45, 7) is 0.977. The second kappa shape index (κ2) is 10.1. The van der Waals surface area contributed by atoms with Crippen molar-refractivity contribution in [1.82, 2.24) is 19.2 Å². The number of aryl methyl sites for hydroxylation is 1. The fourth-order valence-electron chi connectivity index (χ4n) is 3.63. The molecule has 0 unspecified atom stereocenters. The number of thioether (sulfide) groups is 1. The standard InChI is InChI=1S/C23H24N4O5S/c1-30-12-6-11-26-21(29)16-7-4-5-8-18(16)27-22(26)24-25-23(27)33-14-19(28)17-10-9-15(31-2)13-20(17)32-3/h4-5,7-10,13H,6,11-12,14H2,1-3H3. The number of nitrogens with zero attached hydrogens (tertiary/aromatic N) is 4. The van der Waals surface area contributed by atoms with Crippen LogP contribution in [0.4, 0.5) is 0 Å². The topological polar surface area (TPSA) is 97.0 Å². The van der Waals surface area contributed by atoms with Crippen LogP contribution in [0.15, 0.2) is 52.4 Å². The summed E-state index contributed by atoms with van der Waals surface area (Å²) in [5, 5.41) is 9.66. The fourth-order valence-corrected chi connectivity index (χ4v) is 4.46. The molecule has 0 spiro atoms. The number of benzene rings is 2. The molecular formula is C23H24N4O5S. The Labute approximate surface area is 194 Å². The number of ether oxygens (including phenoxy) is 3. The summed E-state index contributed by atoms with van der Waals surface area (Å²) in [5.41, 5.74) is 1.03. The normalized spacial score (nSPS) is 11.2. The lowest BCUT2D eigenvalue weighted by Gasteiger charge is -2.11. The Balaban J connectivity index is 1.69. The number of methoxy groups -OCH3 is 3. The van der Waals surface area contributed by atoms with Crippen LogP contribution < -0.4 is 15.0 Å². The maximum Gasteiger partial charge on any atom is 0.262 e. The molecule has 9 nitrogen and oxygen atoms in total. The smallest absolute Gasteiger partial charge is 0.262 e. The van der Waals surface area contributed by atoms with Gasteiger partial charge in [0.1, 0.15) is 11.5 Å². The molecule has 33 heavy (non-hydrogen) atoms. The van der Waals surface area contributed by atoms with Gasteiger partial charge in [0.25, 0.3) is 5.56 Å². The summed E-state index contributed by atoms with van der Waals surface area (Å²) in [6, 6.07) is 12.4. The average Bonchev–Trinajstić information content (AvgIpc) is 3.28. The molecular weight excluding hydrogens is 444 g/mol. The number of ketones is 1. The van der Waals surface area contributed by atoms with E-state index in [2.05, 4.69) is 10.2 Å². The third-order valence-corrected chi connectivity index (χ3v) is 6.18. The predicted molar refractivity (Wildman–Crippen MR) is 126 cm³/mol. The van der Waals surface area contributed by atoms with Gasteiger partial charge in [-0.15, -0.1) is 10.2 Å². The van der Waals surface area contributed by atoms with E-state index in [1.165, 1.54) is 18.9 Å². The molecule has 4 rings (SSSR count). The fraction of sp³-hybridized carbons (Fsp3) is 0.304. The van der Waals surface area contributed by atoms with Gasteiger partial charge in [-0.05, 0) is 30.7 Å². The molecule has 0 saturated heterocycles. The Morgan fingerprint density at radius 3 is 2.64 bits per heavy atom. The molecule has 0 N–H and O–H groups in total. The minimum Gasteiger partial charge on any atom is -0.497 e. The predicted octanol–water partition coefficient (Wildman–Crippen LogP) is 3.07. The third-order valence-electron chi connectivity index (χ3n) is 5.25. The van der Waals surface area contributed by atoms with E-state index in [0.29, 0.717) is 58.5 Å².